The Morgan fingerprint density at radius 1 is 0.380 bits per heavy atom. The predicted molar refractivity (Wildman–Crippen MR) is 212 cm³/mol. The third kappa shape index (κ3) is 3.97. The number of nitrogens with zero attached hydrogens (tertiary/aromatic N) is 1. The lowest BCUT2D eigenvalue weighted by atomic mass is 10.0. The van der Waals surface area contributed by atoms with E-state index in [0.717, 1.165) is 66.3 Å². The van der Waals surface area contributed by atoms with Crippen molar-refractivity contribution in [1.82, 2.24) is 0 Å². The molecule has 3 nitrogen and oxygen atoms in total. The first-order valence-corrected chi connectivity index (χ1v) is 17.7. The monoisotopic (exact) mass is 657 g/mol. The molecule has 0 saturated carbocycles. The number of rotatable bonds is 4. The fourth-order valence-electron chi connectivity index (χ4n) is 7.85. The average Bonchev–Trinajstić information content (AvgIpc) is 3.87. The summed E-state index contributed by atoms with van der Waals surface area (Å²) in [6.07, 6.45) is 0. The van der Waals surface area contributed by atoms with Crippen LogP contribution in [0, 0.1) is 0 Å². The van der Waals surface area contributed by atoms with E-state index in [1.165, 1.54) is 36.7 Å². The first kappa shape index (κ1) is 27.6. The summed E-state index contributed by atoms with van der Waals surface area (Å²) in [5, 5.41) is 9.24. The van der Waals surface area contributed by atoms with Crippen molar-refractivity contribution in [3.8, 4) is 11.1 Å². The second-order valence-corrected chi connectivity index (χ2v) is 13.9. The number of hydrogen-bond donors (Lipinski definition) is 0. The summed E-state index contributed by atoms with van der Waals surface area (Å²) < 4.78 is 15.6. The molecule has 0 spiro atoms. The fourth-order valence-corrected chi connectivity index (χ4v) is 8.99. The summed E-state index contributed by atoms with van der Waals surface area (Å²) in [4.78, 5) is 2.42. The Morgan fingerprint density at radius 2 is 1.06 bits per heavy atom. The van der Waals surface area contributed by atoms with E-state index in [4.69, 9.17) is 8.83 Å². The number of thiophene rings is 1. The van der Waals surface area contributed by atoms with Crippen molar-refractivity contribution in [3.63, 3.8) is 0 Å². The Bertz CT molecular complexity index is 3090. The van der Waals surface area contributed by atoms with Crippen molar-refractivity contribution in [2.24, 2.45) is 0 Å². The summed E-state index contributed by atoms with van der Waals surface area (Å²) in [6.45, 7) is 0. The number of fused-ring (bicyclic) bond motifs is 12. The SMILES string of the molecule is c1ccc(-c2ccc(N(c3cccc4oc5ccccc5c34)c3cccc4sc5ccc6oc7c8ccccc8ccc7c6c5c34)cc2)cc1. The number of furan rings is 2. The van der Waals surface area contributed by atoms with E-state index in [1.807, 2.05) is 17.4 Å². The fraction of sp³-hybridized carbons (Fsp3) is 0. The normalized spacial score (nSPS) is 12.0. The molecule has 3 heterocycles. The van der Waals surface area contributed by atoms with Gasteiger partial charge in [0.25, 0.3) is 0 Å². The van der Waals surface area contributed by atoms with E-state index in [1.54, 1.807) is 0 Å². The minimum absolute atomic E-state index is 0.868. The van der Waals surface area contributed by atoms with Gasteiger partial charge in [-0.25, -0.2) is 0 Å². The van der Waals surface area contributed by atoms with Gasteiger partial charge in [0, 0.05) is 47.4 Å². The maximum absolute atomic E-state index is 6.69. The van der Waals surface area contributed by atoms with Gasteiger partial charge in [-0.3, -0.25) is 0 Å². The molecule has 0 atom stereocenters. The average molecular weight is 658 g/mol. The highest BCUT2D eigenvalue weighted by Crippen LogP contribution is 2.51. The Labute approximate surface area is 290 Å². The molecular weight excluding hydrogens is 631 g/mol. The molecule has 0 N–H and O–H groups in total. The molecule has 0 unspecified atom stereocenters. The van der Waals surface area contributed by atoms with Crippen LogP contribution >= 0.6 is 11.3 Å². The lowest BCUT2D eigenvalue weighted by Gasteiger charge is -2.27. The zero-order chi connectivity index (χ0) is 32.8. The lowest BCUT2D eigenvalue weighted by Crippen LogP contribution is -2.10. The molecule has 0 amide bonds. The van der Waals surface area contributed by atoms with E-state index < -0.39 is 0 Å². The van der Waals surface area contributed by atoms with Crippen LogP contribution in [0.4, 0.5) is 17.1 Å². The van der Waals surface area contributed by atoms with Gasteiger partial charge in [-0.1, -0.05) is 103 Å². The van der Waals surface area contributed by atoms with E-state index in [9.17, 15) is 0 Å². The number of para-hydroxylation sites is 1. The molecule has 0 saturated heterocycles. The maximum Gasteiger partial charge on any atom is 0.143 e. The largest absolute Gasteiger partial charge is 0.456 e. The van der Waals surface area contributed by atoms with Gasteiger partial charge in [0.05, 0.1) is 16.8 Å². The van der Waals surface area contributed by atoms with Gasteiger partial charge >= 0.3 is 0 Å². The summed E-state index contributed by atoms with van der Waals surface area (Å²) in [5.74, 6) is 0. The number of anilines is 3. The minimum atomic E-state index is 0.868. The van der Waals surface area contributed by atoms with E-state index in [-0.39, 0.29) is 0 Å². The molecule has 8 aromatic carbocycles. The van der Waals surface area contributed by atoms with Crippen LogP contribution in [0.5, 0.6) is 0 Å². The molecule has 0 radical (unpaired) electrons. The third-order valence-corrected chi connectivity index (χ3v) is 11.2. The van der Waals surface area contributed by atoms with E-state index in [2.05, 4.69) is 163 Å². The van der Waals surface area contributed by atoms with Crippen molar-refractivity contribution in [1.29, 1.82) is 0 Å². The van der Waals surface area contributed by atoms with Gasteiger partial charge in [0.2, 0.25) is 0 Å². The molecule has 11 rings (SSSR count). The highest BCUT2D eigenvalue weighted by atomic mass is 32.1. The molecule has 0 aliphatic heterocycles. The first-order valence-electron chi connectivity index (χ1n) is 16.8. The van der Waals surface area contributed by atoms with Gasteiger partial charge in [-0.15, -0.1) is 11.3 Å². The second-order valence-electron chi connectivity index (χ2n) is 12.8. The zero-order valence-corrected chi connectivity index (χ0v) is 27.6. The molecule has 0 fully saturated rings. The molecule has 0 aliphatic rings. The summed E-state index contributed by atoms with van der Waals surface area (Å²) in [5.41, 5.74) is 9.22. The first-order chi connectivity index (χ1) is 24.8. The molecule has 11 aromatic rings. The Hall–Kier alpha value is -6.36. The molecule has 4 heteroatoms. The van der Waals surface area contributed by atoms with Crippen LogP contribution < -0.4 is 4.90 Å². The van der Waals surface area contributed by atoms with Crippen LogP contribution in [0.3, 0.4) is 0 Å². The molecule has 50 heavy (non-hydrogen) atoms. The summed E-state index contributed by atoms with van der Waals surface area (Å²) in [6, 6.07) is 58.2. The molecule has 234 valence electrons. The standard InChI is InChI=1S/C46H27NO2S/c1-2-10-28(11-3-1)29-20-23-31(24-21-29)47(35-15-8-18-38-42(35)33-14-6-7-17-37(33)48-38)36-16-9-19-40-44(36)45-41(50-40)27-26-39-43(45)34-25-22-30-12-4-5-13-32(30)46(34)49-39/h1-27H. The number of benzene rings is 8. The highest BCUT2D eigenvalue weighted by molar-refractivity contribution is 7.26. The van der Waals surface area contributed by atoms with Gasteiger partial charge < -0.3 is 13.7 Å². The minimum Gasteiger partial charge on any atom is -0.456 e. The van der Waals surface area contributed by atoms with Gasteiger partial charge in [0.15, 0.2) is 0 Å². The van der Waals surface area contributed by atoms with Crippen LogP contribution in [-0.2, 0) is 0 Å². The van der Waals surface area contributed by atoms with Crippen LogP contribution in [0.25, 0.3) is 85.9 Å². The molecule has 0 bridgehead atoms. The zero-order valence-electron chi connectivity index (χ0n) is 26.8. The predicted octanol–water partition coefficient (Wildman–Crippen LogP) is 14.1. The van der Waals surface area contributed by atoms with Gasteiger partial charge in [0.1, 0.15) is 22.3 Å². The van der Waals surface area contributed by atoms with E-state index in [0.29, 0.717) is 0 Å². The summed E-state index contributed by atoms with van der Waals surface area (Å²) in [7, 11) is 0. The van der Waals surface area contributed by atoms with Crippen LogP contribution in [0.1, 0.15) is 0 Å². The van der Waals surface area contributed by atoms with Crippen LogP contribution in [0.2, 0.25) is 0 Å². The smallest absolute Gasteiger partial charge is 0.143 e. The Morgan fingerprint density at radius 3 is 1.94 bits per heavy atom. The Kier molecular flexibility index (Phi) is 5.83. The summed E-state index contributed by atoms with van der Waals surface area (Å²) >= 11 is 1.83. The number of hydrogen-bond acceptors (Lipinski definition) is 4. The van der Waals surface area contributed by atoms with Crippen molar-refractivity contribution < 1.29 is 8.83 Å². The van der Waals surface area contributed by atoms with E-state index >= 15 is 0 Å². The quantitative estimate of drug-likeness (QED) is 0.189. The molecule has 3 aromatic heterocycles. The second kappa shape index (κ2) is 10.6. The van der Waals surface area contributed by atoms with Crippen LogP contribution in [0.15, 0.2) is 173 Å². The third-order valence-electron chi connectivity index (χ3n) is 10.1. The molecular formula is C46H27NO2S. The van der Waals surface area contributed by atoms with Crippen molar-refractivity contribution in [3.05, 3.63) is 164 Å². The topological polar surface area (TPSA) is 29.5 Å². The van der Waals surface area contributed by atoms with Crippen molar-refractivity contribution in [2.45, 2.75) is 0 Å². The molecule has 0 aliphatic carbocycles. The van der Waals surface area contributed by atoms with Crippen LogP contribution in [-0.4, -0.2) is 0 Å². The maximum atomic E-state index is 6.69. The van der Waals surface area contributed by atoms with Crippen molar-refractivity contribution >= 4 is 103 Å². The Balaban J connectivity index is 1.25. The lowest BCUT2D eigenvalue weighted by molar-refractivity contribution is 0.669. The highest BCUT2D eigenvalue weighted by Gasteiger charge is 2.24. The van der Waals surface area contributed by atoms with Gasteiger partial charge in [-0.05, 0) is 77.2 Å². The van der Waals surface area contributed by atoms with Gasteiger partial charge in [-0.2, -0.15) is 0 Å². The van der Waals surface area contributed by atoms with Crippen molar-refractivity contribution in [2.75, 3.05) is 4.90 Å².